The molecule has 5 heteroatoms. The molecule has 1 aliphatic rings. The summed E-state index contributed by atoms with van der Waals surface area (Å²) >= 11 is 0. The first-order chi connectivity index (χ1) is 11.8. The number of hydrogen-bond acceptors (Lipinski definition) is 3. The summed E-state index contributed by atoms with van der Waals surface area (Å²) in [6.45, 7) is 16.1. The Morgan fingerprint density at radius 2 is 1.77 bits per heavy atom. The molecule has 1 saturated carbocycles. The highest BCUT2D eigenvalue weighted by molar-refractivity contribution is 5.53. The second-order valence-corrected chi connectivity index (χ2v) is 8.06. The monoisotopic (exact) mass is 372 g/mol. The third-order valence-electron chi connectivity index (χ3n) is 4.63. The zero-order valence-electron chi connectivity index (χ0n) is 17.4. The van der Waals surface area contributed by atoms with E-state index in [4.69, 9.17) is 15.0 Å². The van der Waals surface area contributed by atoms with Gasteiger partial charge in [-0.25, -0.2) is 4.79 Å². The molecule has 0 aromatic heterocycles. The fraction of sp³-hybridized carbons (Fsp3) is 0.762. The van der Waals surface area contributed by atoms with Crippen molar-refractivity contribution in [3.63, 3.8) is 0 Å². The molecule has 4 unspecified atom stereocenters. The Bertz CT molecular complexity index is 418. The van der Waals surface area contributed by atoms with Crippen molar-refractivity contribution in [3.8, 4) is 0 Å². The van der Waals surface area contributed by atoms with Crippen LogP contribution in [0.5, 0.6) is 0 Å². The van der Waals surface area contributed by atoms with Crippen LogP contribution in [-0.4, -0.2) is 38.3 Å². The van der Waals surface area contributed by atoms with Gasteiger partial charge in [-0.15, -0.1) is 6.58 Å². The second kappa shape index (κ2) is 13.8. The summed E-state index contributed by atoms with van der Waals surface area (Å²) in [5, 5.41) is 33.1. The number of aliphatic hydroxyl groups excluding tert-OH is 1. The maximum atomic E-state index is 9.71. The number of hydrogen-bond donors (Lipinski definition) is 4. The predicted octanol–water partition coefficient (Wildman–Crippen LogP) is 5.33. The van der Waals surface area contributed by atoms with Gasteiger partial charge in [0.2, 0.25) is 0 Å². The van der Waals surface area contributed by atoms with Crippen molar-refractivity contribution >= 4 is 6.16 Å². The lowest BCUT2D eigenvalue weighted by Gasteiger charge is -2.33. The van der Waals surface area contributed by atoms with Crippen LogP contribution in [0.25, 0.3) is 0 Å². The molecule has 0 bridgehead atoms. The van der Waals surface area contributed by atoms with Crippen molar-refractivity contribution in [1.82, 2.24) is 0 Å². The largest absolute Gasteiger partial charge is 0.503 e. The molecule has 1 rings (SSSR count). The third kappa shape index (κ3) is 16.2. The van der Waals surface area contributed by atoms with E-state index in [9.17, 15) is 10.2 Å². The van der Waals surface area contributed by atoms with Crippen LogP contribution in [0.15, 0.2) is 24.3 Å². The molecule has 154 valence electrons. The van der Waals surface area contributed by atoms with E-state index in [1.807, 2.05) is 0 Å². The van der Waals surface area contributed by atoms with Crippen LogP contribution in [0, 0.1) is 17.8 Å². The number of aliphatic hydroxyl groups is 2. The van der Waals surface area contributed by atoms with Gasteiger partial charge in [0.25, 0.3) is 0 Å². The van der Waals surface area contributed by atoms with Gasteiger partial charge in [0.05, 0.1) is 11.7 Å². The van der Waals surface area contributed by atoms with Crippen molar-refractivity contribution in [1.29, 1.82) is 0 Å². The van der Waals surface area contributed by atoms with E-state index >= 15 is 0 Å². The minimum atomic E-state index is -1.83. The molecule has 26 heavy (non-hydrogen) atoms. The van der Waals surface area contributed by atoms with Crippen LogP contribution >= 0.6 is 0 Å². The maximum absolute atomic E-state index is 9.71. The lowest BCUT2D eigenvalue weighted by Crippen LogP contribution is -2.31. The minimum Gasteiger partial charge on any atom is -0.450 e. The summed E-state index contributed by atoms with van der Waals surface area (Å²) in [6.07, 6.45) is 7.06. The van der Waals surface area contributed by atoms with Crippen LogP contribution in [0.1, 0.15) is 73.6 Å². The average molecular weight is 373 g/mol. The molecule has 0 heterocycles. The van der Waals surface area contributed by atoms with Gasteiger partial charge in [-0.1, -0.05) is 44.9 Å². The van der Waals surface area contributed by atoms with Crippen LogP contribution in [0.2, 0.25) is 0 Å². The van der Waals surface area contributed by atoms with Gasteiger partial charge in [0.1, 0.15) is 0 Å². The van der Waals surface area contributed by atoms with Gasteiger partial charge >= 0.3 is 6.16 Å². The van der Waals surface area contributed by atoms with Crippen LogP contribution in [-0.2, 0) is 0 Å². The first-order valence-electron chi connectivity index (χ1n) is 9.41. The Hall–Kier alpha value is -1.33. The smallest absolute Gasteiger partial charge is 0.450 e. The van der Waals surface area contributed by atoms with Gasteiger partial charge < -0.3 is 20.4 Å². The Labute approximate surface area is 159 Å². The quantitative estimate of drug-likeness (QED) is 0.489. The summed E-state index contributed by atoms with van der Waals surface area (Å²) in [5.41, 5.74) is 0.594. The molecule has 1 aliphatic carbocycles. The van der Waals surface area contributed by atoms with Gasteiger partial charge in [0.15, 0.2) is 0 Å². The van der Waals surface area contributed by atoms with Crippen LogP contribution in [0.4, 0.5) is 4.79 Å². The zero-order valence-corrected chi connectivity index (χ0v) is 17.4. The van der Waals surface area contributed by atoms with Crippen molar-refractivity contribution < 1.29 is 25.2 Å². The summed E-state index contributed by atoms with van der Waals surface area (Å²) in [5.74, 6) is 1.95. The fourth-order valence-corrected chi connectivity index (χ4v) is 2.91. The summed E-state index contributed by atoms with van der Waals surface area (Å²) in [7, 11) is 0. The lowest BCUT2D eigenvalue weighted by atomic mass is 9.75. The van der Waals surface area contributed by atoms with Crippen LogP contribution in [0.3, 0.4) is 0 Å². The molecule has 5 nitrogen and oxygen atoms in total. The van der Waals surface area contributed by atoms with E-state index < -0.39 is 11.8 Å². The number of rotatable bonds is 5. The van der Waals surface area contributed by atoms with E-state index in [0.29, 0.717) is 11.8 Å². The Kier molecular flexibility index (Phi) is 14.3. The molecule has 0 spiro atoms. The molecule has 0 amide bonds. The molecule has 0 aliphatic heterocycles. The number of carbonyl (C=O) groups is 1. The predicted molar refractivity (Wildman–Crippen MR) is 107 cm³/mol. The van der Waals surface area contributed by atoms with E-state index in [1.54, 1.807) is 13.0 Å². The zero-order chi connectivity index (χ0) is 20.9. The summed E-state index contributed by atoms with van der Waals surface area (Å²) in [6, 6.07) is 0. The number of allylic oxidation sites excluding steroid dienone is 2. The summed E-state index contributed by atoms with van der Waals surface area (Å²) < 4.78 is 0. The van der Waals surface area contributed by atoms with E-state index in [2.05, 4.69) is 47.3 Å². The molecule has 0 radical (unpaired) electrons. The third-order valence-corrected chi connectivity index (χ3v) is 4.63. The normalized spacial score (nSPS) is 24.1. The molecule has 4 N–H and O–H groups in total. The fourth-order valence-electron chi connectivity index (χ4n) is 2.91. The lowest BCUT2D eigenvalue weighted by molar-refractivity contribution is 0.0266. The second-order valence-electron chi connectivity index (χ2n) is 8.06. The molecule has 0 aromatic rings. The topological polar surface area (TPSA) is 98.0 Å². The van der Waals surface area contributed by atoms with Crippen molar-refractivity contribution in [3.05, 3.63) is 24.3 Å². The van der Waals surface area contributed by atoms with E-state index in [-0.39, 0.29) is 6.10 Å². The van der Waals surface area contributed by atoms with Crippen LogP contribution < -0.4 is 0 Å². The van der Waals surface area contributed by atoms with Gasteiger partial charge in [-0.3, -0.25) is 0 Å². The van der Waals surface area contributed by atoms with Crippen molar-refractivity contribution in [2.45, 2.75) is 85.4 Å². The van der Waals surface area contributed by atoms with Gasteiger partial charge in [-0.05, 0) is 64.2 Å². The molecule has 0 saturated heterocycles. The Morgan fingerprint density at radius 1 is 1.27 bits per heavy atom. The molecular formula is C21H40O5. The highest BCUT2D eigenvalue weighted by atomic mass is 16.6. The van der Waals surface area contributed by atoms with Crippen molar-refractivity contribution in [2.75, 3.05) is 0 Å². The Morgan fingerprint density at radius 3 is 2.12 bits per heavy atom. The average Bonchev–Trinajstić information content (AvgIpc) is 2.46. The minimum absolute atomic E-state index is 0.0289. The highest BCUT2D eigenvalue weighted by Crippen LogP contribution is 2.33. The SMILES string of the molecule is C=CC(C)(O)CCC=C(C)C.CC1CCC(C(C)C)C(O)C1.O=C(O)O. The first-order valence-corrected chi connectivity index (χ1v) is 9.41. The number of carboxylic acid groups (broad SMARTS) is 2. The van der Waals surface area contributed by atoms with E-state index in [0.717, 1.165) is 25.2 Å². The van der Waals surface area contributed by atoms with Gasteiger partial charge in [0, 0.05) is 0 Å². The van der Waals surface area contributed by atoms with Gasteiger partial charge in [-0.2, -0.15) is 0 Å². The standard InChI is InChI=1S/C10H20O.C10H18O.CH2O3/c1-7(2)9-5-4-8(3)6-10(9)11;1-5-10(4,11)8-6-7-9(2)3;2-1(3)4/h7-11H,4-6H2,1-3H3;5,7,11H,1,6,8H2,2-4H3;(H2,2,3,4). The molecular weight excluding hydrogens is 332 g/mol. The van der Waals surface area contributed by atoms with Crippen molar-refractivity contribution in [2.24, 2.45) is 17.8 Å². The first kappa shape index (κ1) is 26.9. The molecule has 1 fully saturated rings. The summed E-state index contributed by atoms with van der Waals surface area (Å²) in [4.78, 5) is 8.56. The highest BCUT2D eigenvalue weighted by Gasteiger charge is 2.28. The maximum Gasteiger partial charge on any atom is 0.503 e. The molecule has 4 atom stereocenters. The Balaban J connectivity index is 0. The molecule has 0 aromatic carbocycles. The van der Waals surface area contributed by atoms with E-state index in [1.165, 1.54) is 18.4 Å².